The van der Waals surface area contributed by atoms with Crippen molar-refractivity contribution in [1.82, 2.24) is 0 Å². The maximum Gasteiger partial charge on any atom is 0.380 e. The lowest BCUT2D eigenvalue weighted by Gasteiger charge is -2.04. The van der Waals surface area contributed by atoms with Crippen LogP contribution < -0.4 is 5.50 Å². The molecule has 1 heterocycles. The Bertz CT molecular complexity index is 311. The van der Waals surface area contributed by atoms with Crippen molar-refractivity contribution in [2.24, 2.45) is 5.50 Å². The van der Waals surface area contributed by atoms with Crippen LogP contribution in [-0.2, 0) is 9.09 Å². The van der Waals surface area contributed by atoms with E-state index in [0.29, 0.717) is 0 Å². The summed E-state index contributed by atoms with van der Waals surface area (Å²) in [5.74, 6) is -0.0335. The predicted molar refractivity (Wildman–Crippen MR) is 42.7 cm³/mol. The quantitative estimate of drug-likeness (QED) is 0.339. The van der Waals surface area contributed by atoms with E-state index in [0.717, 1.165) is 0 Å². The number of nitrogens with zero attached hydrogens (tertiary/aromatic N) is 1. The van der Waals surface area contributed by atoms with Crippen LogP contribution in [0.5, 0.6) is 0 Å². The molecule has 13 heavy (non-hydrogen) atoms. The fourth-order valence-corrected chi connectivity index (χ4v) is 1.17. The zero-order valence-corrected chi connectivity index (χ0v) is 7.38. The van der Waals surface area contributed by atoms with Crippen molar-refractivity contribution in [3.63, 3.8) is 0 Å². The molecule has 0 spiro atoms. The number of hydrogen-bond donors (Lipinski definition) is 1. The predicted octanol–water partition coefficient (Wildman–Crippen LogP) is 0.920. The lowest BCUT2D eigenvalue weighted by Crippen LogP contribution is -2.11. The molecule has 0 saturated heterocycles. The molecule has 0 aliphatic carbocycles. The van der Waals surface area contributed by atoms with E-state index in [9.17, 15) is 14.7 Å². The standard InChI is InChI=1S/C5H7N2O5P/c6-13(10)12-5(7(8)9)4-2-1-3-11-4/h1-3,5,13H,(H2,6,10). The largest absolute Gasteiger partial charge is 0.459 e. The van der Waals surface area contributed by atoms with Crippen LogP contribution in [0.3, 0.4) is 0 Å². The monoisotopic (exact) mass is 206 g/mol. The van der Waals surface area contributed by atoms with Gasteiger partial charge in [-0.25, -0.2) is 4.52 Å². The second-order valence-corrected chi connectivity index (χ2v) is 2.96. The van der Waals surface area contributed by atoms with Gasteiger partial charge in [-0.05, 0) is 12.1 Å². The van der Waals surface area contributed by atoms with Gasteiger partial charge in [0.1, 0.15) is 0 Å². The molecule has 0 saturated carbocycles. The van der Waals surface area contributed by atoms with E-state index < -0.39 is 19.3 Å². The summed E-state index contributed by atoms with van der Waals surface area (Å²) >= 11 is 0. The fourth-order valence-electron chi connectivity index (χ4n) is 0.747. The van der Waals surface area contributed by atoms with Crippen LogP contribution >= 0.6 is 8.18 Å². The first-order chi connectivity index (χ1) is 6.11. The van der Waals surface area contributed by atoms with Crippen molar-refractivity contribution in [2.45, 2.75) is 6.23 Å². The Kier molecular flexibility index (Phi) is 3.18. The van der Waals surface area contributed by atoms with Crippen LogP contribution in [0.1, 0.15) is 12.0 Å². The van der Waals surface area contributed by atoms with Crippen molar-refractivity contribution in [1.29, 1.82) is 0 Å². The first-order valence-electron chi connectivity index (χ1n) is 3.24. The summed E-state index contributed by atoms with van der Waals surface area (Å²) in [6.45, 7) is 0. The van der Waals surface area contributed by atoms with Gasteiger partial charge < -0.3 is 4.42 Å². The zero-order chi connectivity index (χ0) is 9.84. The summed E-state index contributed by atoms with van der Waals surface area (Å²) in [6, 6.07) is 2.81. The van der Waals surface area contributed by atoms with Gasteiger partial charge in [-0.3, -0.25) is 20.2 Å². The molecule has 0 aliphatic rings. The molecule has 0 radical (unpaired) electrons. The maximum absolute atomic E-state index is 10.4. The molecule has 0 fully saturated rings. The summed E-state index contributed by atoms with van der Waals surface area (Å²) in [4.78, 5) is 9.61. The van der Waals surface area contributed by atoms with E-state index in [4.69, 9.17) is 9.92 Å². The number of furan rings is 1. The second-order valence-electron chi connectivity index (χ2n) is 2.09. The van der Waals surface area contributed by atoms with Crippen LogP contribution in [0.25, 0.3) is 0 Å². The summed E-state index contributed by atoms with van der Waals surface area (Å²) in [5.41, 5.74) is 4.82. The Balaban J connectivity index is 2.81. The van der Waals surface area contributed by atoms with Crippen LogP contribution in [0.4, 0.5) is 0 Å². The van der Waals surface area contributed by atoms with E-state index in [1.54, 1.807) is 0 Å². The molecule has 2 atom stereocenters. The molecule has 2 N–H and O–H groups in total. The van der Waals surface area contributed by atoms with Gasteiger partial charge >= 0.3 is 6.23 Å². The van der Waals surface area contributed by atoms with Gasteiger partial charge in [0.15, 0.2) is 0 Å². The highest BCUT2D eigenvalue weighted by molar-refractivity contribution is 7.36. The molecule has 1 aromatic heterocycles. The average Bonchev–Trinajstić information content (AvgIpc) is 2.50. The molecule has 72 valence electrons. The second kappa shape index (κ2) is 4.18. The molecule has 0 amide bonds. The molecule has 2 unspecified atom stereocenters. The van der Waals surface area contributed by atoms with Gasteiger partial charge in [0.2, 0.25) is 5.76 Å². The summed E-state index contributed by atoms with van der Waals surface area (Å²) in [7, 11) is -2.85. The minimum Gasteiger partial charge on any atom is -0.459 e. The van der Waals surface area contributed by atoms with Crippen LogP contribution in [-0.4, -0.2) is 4.92 Å². The van der Waals surface area contributed by atoms with E-state index in [1.165, 1.54) is 18.4 Å². The minimum atomic E-state index is -2.85. The smallest absolute Gasteiger partial charge is 0.380 e. The molecular formula is C5H7N2O5P. The van der Waals surface area contributed by atoms with Crippen LogP contribution in [0.15, 0.2) is 22.8 Å². The maximum atomic E-state index is 10.4. The van der Waals surface area contributed by atoms with Gasteiger partial charge in [-0.1, -0.05) is 0 Å². The first kappa shape index (κ1) is 9.91. The highest BCUT2D eigenvalue weighted by Gasteiger charge is 2.27. The van der Waals surface area contributed by atoms with Crippen molar-refractivity contribution in [3.05, 3.63) is 34.3 Å². The molecule has 8 heteroatoms. The van der Waals surface area contributed by atoms with Gasteiger partial charge in [0.25, 0.3) is 8.18 Å². The molecule has 7 nitrogen and oxygen atoms in total. The van der Waals surface area contributed by atoms with Gasteiger partial charge in [-0.2, -0.15) is 0 Å². The van der Waals surface area contributed by atoms with Crippen LogP contribution in [0, 0.1) is 10.1 Å². The number of hydrogen-bond acceptors (Lipinski definition) is 5. The SMILES string of the molecule is N[PH](=O)OC(c1ccco1)[N+](=O)[O-]. The Labute approximate surface area is 73.5 Å². The van der Waals surface area contributed by atoms with Crippen molar-refractivity contribution in [3.8, 4) is 0 Å². The first-order valence-corrected chi connectivity index (χ1v) is 4.63. The van der Waals surface area contributed by atoms with Gasteiger partial charge in [-0.15, -0.1) is 0 Å². The summed E-state index contributed by atoms with van der Waals surface area (Å²) in [5, 5.41) is 10.4. The van der Waals surface area contributed by atoms with Crippen molar-refractivity contribution in [2.75, 3.05) is 0 Å². The highest BCUT2D eigenvalue weighted by Crippen LogP contribution is 2.27. The molecule has 1 rings (SSSR count). The Morgan fingerprint density at radius 3 is 2.85 bits per heavy atom. The van der Waals surface area contributed by atoms with Crippen LogP contribution in [0.2, 0.25) is 0 Å². The van der Waals surface area contributed by atoms with E-state index in [1.807, 2.05) is 0 Å². The van der Waals surface area contributed by atoms with Gasteiger partial charge in [0, 0.05) is 0 Å². The fraction of sp³-hybridized carbons (Fsp3) is 0.200. The summed E-state index contributed by atoms with van der Waals surface area (Å²) in [6.07, 6.45) is -0.338. The Morgan fingerprint density at radius 2 is 2.46 bits per heavy atom. The molecule has 0 aliphatic heterocycles. The van der Waals surface area contributed by atoms with Crippen molar-refractivity contribution < 1.29 is 18.4 Å². The molecule has 0 aromatic carbocycles. The topological polar surface area (TPSA) is 109 Å². The van der Waals surface area contributed by atoms with Crippen molar-refractivity contribution >= 4 is 8.18 Å². The lowest BCUT2D eigenvalue weighted by atomic mass is 10.4. The third-order valence-corrected chi connectivity index (χ3v) is 1.66. The number of nitrogens with two attached hydrogens (primary N) is 1. The zero-order valence-electron chi connectivity index (χ0n) is 6.38. The summed E-state index contributed by atoms with van der Waals surface area (Å²) < 4.78 is 19.5. The third-order valence-electron chi connectivity index (χ3n) is 1.21. The van der Waals surface area contributed by atoms with E-state index in [-0.39, 0.29) is 5.76 Å². The highest BCUT2D eigenvalue weighted by atomic mass is 31.1. The average molecular weight is 206 g/mol. The van der Waals surface area contributed by atoms with E-state index in [2.05, 4.69) is 4.52 Å². The molecular weight excluding hydrogens is 199 g/mol. The Hall–Kier alpha value is -1.17. The van der Waals surface area contributed by atoms with Gasteiger partial charge in [0.05, 0.1) is 11.2 Å². The normalized spacial score (nSPS) is 15.2. The minimum absolute atomic E-state index is 0.0335. The van der Waals surface area contributed by atoms with E-state index >= 15 is 0 Å². The lowest BCUT2D eigenvalue weighted by molar-refractivity contribution is -0.573. The molecule has 1 aromatic rings. The third kappa shape index (κ3) is 2.66. The molecule has 0 bridgehead atoms. The number of nitro groups is 1. The Morgan fingerprint density at radius 1 is 1.77 bits per heavy atom. The number of rotatable bonds is 4.